The Morgan fingerprint density at radius 2 is 1.88 bits per heavy atom. The number of pyridine rings is 1. The molecule has 2 N–H and O–H groups in total. The Hall–Kier alpha value is -2.19. The lowest BCUT2D eigenvalue weighted by molar-refractivity contribution is -0.274. The van der Waals surface area contributed by atoms with Crippen molar-refractivity contribution in [1.82, 2.24) is 4.98 Å². The summed E-state index contributed by atoms with van der Waals surface area (Å²) in [6.07, 6.45) is -4.31. The summed E-state index contributed by atoms with van der Waals surface area (Å²) in [4.78, 5) is 14.4. The van der Waals surface area contributed by atoms with Gasteiger partial charge in [0, 0.05) is 17.1 Å². The van der Waals surface area contributed by atoms with E-state index >= 15 is 0 Å². The second-order valence-corrected chi connectivity index (χ2v) is 5.79. The topological polar surface area (TPSA) is 70.4 Å². The third-order valence-electron chi connectivity index (χ3n) is 3.91. The van der Waals surface area contributed by atoms with E-state index in [2.05, 4.69) is 4.98 Å². The normalized spacial score (nSPS) is 15.5. The average molecular weight is 378 g/mol. The molecule has 2 atom stereocenters. The maximum atomic E-state index is 13.7. The Morgan fingerprint density at radius 1 is 1.24 bits per heavy atom. The van der Waals surface area contributed by atoms with Crippen molar-refractivity contribution in [2.24, 2.45) is 0 Å². The van der Waals surface area contributed by atoms with Crippen LogP contribution in [0.2, 0.25) is 5.02 Å². The molecule has 25 heavy (non-hydrogen) atoms. The van der Waals surface area contributed by atoms with Crippen molar-refractivity contribution in [3.05, 3.63) is 64.2 Å². The smallest absolute Gasteiger partial charge is 0.422 e. The molecule has 0 spiro atoms. The number of aromatic nitrogens is 1. The highest BCUT2D eigenvalue weighted by Gasteiger charge is 2.59. The van der Waals surface area contributed by atoms with Crippen molar-refractivity contribution >= 4 is 17.6 Å². The number of rotatable bonds is 4. The molecule has 2 unspecified atom stereocenters. The molecule has 0 amide bonds. The lowest BCUT2D eigenvalue weighted by Crippen LogP contribution is -2.46. The Labute approximate surface area is 144 Å². The van der Waals surface area contributed by atoms with E-state index in [9.17, 15) is 27.5 Å². The fraction of sp³-hybridized carbons (Fsp3) is 0.250. The lowest BCUT2D eigenvalue weighted by Gasteiger charge is -2.37. The van der Waals surface area contributed by atoms with Crippen molar-refractivity contribution in [2.45, 2.75) is 24.6 Å². The fourth-order valence-corrected chi connectivity index (χ4v) is 2.85. The molecule has 0 saturated carbocycles. The van der Waals surface area contributed by atoms with Gasteiger partial charge in [-0.2, -0.15) is 13.2 Å². The van der Waals surface area contributed by atoms with Gasteiger partial charge >= 0.3 is 12.1 Å². The number of hydrogen-bond acceptors (Lipinski definition) is 3. The third-order valence-corrected chi connectivity index (χ3v) is 4.23. The summed E-state index contributed by atoms with van der Waals surface area (Å²) in [7, 11) is 0. The summed E-state index contributed by atoms with van der Waals surface area (Å²) in [5.41, 5.74) is -4.96. The molecule has 9 heteroatoms. The van der Waals surface area contributed by atoms with Gasteiger partial charge < -0.3 is 10.2 Å². The van der Waals surface area contributed by atoms with E-state index in [1.165, 1.54) is 0 Å². The Bertz CT molecular complexity index is 812. The van der Waals surface area contributed by atoms with Crippen LogP contribution in [0.5, 0.6) is 0 Å². The van der Waals surface area contributed by atoms with Gasteiger partial charge in [0.05, 0.1) is 0 Å². The first-order chi connectivity index (χ1) is 11.5. The number of benzene rings is 1. The maximum absolute atomic E-state index is 13.7. The van der Waals surface area contributed by atoms with Crippen molar-refractivity contribution in [3.8, 4) is 0 Å². The summed E-state index contributed by atoms with van der Waals surface area (Å²) in [6, 6.07) is 4.30. The maximum Gasteiger partial charge on any atom is 0.422 e. The van der Waals surface area contributed by atoms with Crippen LogP contribution in [0, 0.1) is 5.82 Å². The summed E-state index contributed by atoms with van der Waals surface area (Å²) in [5.74, 6) is -3.93. The van der Waals surface area contributed by atoms with E-state index in [0.29, 0.717) is 6.07 Å². The number of nitrogens with zero attached hydrogens (tertiary/aromatic N) is 1. The van der Waals surface area contributed by atoms with E-state index in [1.54, 1.807) is 0 Å². The number of carbonyl (C=O) groups is 1. The largest absolute Gasteiger partial charge is 0.477 e. The monoisotopic (exact) mass is 377 g/mol. The van der Waals surface area contributed by atoms with Crippen molar-refractivity contribution in [3.63, 3.8) is 0 Å². The Balaban J connectivity index is 2.66. The van der Waals surface area contributed by atoms with Crippen LogP contribution >= 0.6 is 11.6 Å². The van der Waals surface area contributed by atoms with E-state index in [1.807, 2.05) is 0 Å². The molecule has 0 saturated heterocycles. The van der Waals surface area contributed by atoms with Gasteiger partial charge in [0.2, 0.25) is 0 Å². The van der Waals surface area contributed by atoms with E-state index < -0.39 is 40.7 Å². The summed E-state index contributed by atoms with van der Waals surface area (Å²) in [6.45, 7) is 1.06. The minimum Gasteiger partial charge on any atom is -0.477 e. The van der Waals surface area contributed by atoms with Crippen molar-refractivity contribution < 1.29 is 32.6 Å². The minimum absolute atomic E-state index is 0.142. The van der Waals surface area contributed by atoms with Crippen molar-refractivity contribution in [2.75, 3.05) is 0 Å². The minimum atomic E-state index is -5.17. The second-order valence-electron chi connectivity index (χ2n) is 5.39. The summed E-state index contributed by atoms with van der Waals surface area (Å²) < 4.78 is 54.4. The van der Waals surface area contributed by atoms with Gasteiger partial charge in [-0.1, -0.05) is 24.6 Å². The fourth-order valence-electron chi connectivity index (χ4n) is 2.52. The standard InChI is InChI=1S/C16H12ClF4NO3/c1-8(11-3-2-10(18)7-12(11)17)15(25,16(19,20)21)9-4-5-22-13(6-9)14(23)24/h2-8,25H,1H3,(H,23,24). The molecule has 2 aromatic rings. The van der Waals surface area contributed by atoms with E-state index in [-0.39, 0.29) is 10.6 Å². The first-order valence-corrected chi connectivity index (χ1v) is 7.30. The SMILES string of the molecule is CC(c1ccc(F)cc1Cl)C(O)(c1ccnc(C(=O)O)c1)C(F)(F)F. The molecule has 0 bridgehead atoms. The average Bonchev–Trinajstić information content (AvgIpc) is 2.52. The quantitative estimate of drug-likeness (QED) is 0.786. The van der Waals surface area contributed by atoms with Gasteiger partial charge in [-0.15, -0.1) is 0 Å². The lowest BCUT2D eigenvalue weighted by atomic mass is 9.78. The number of alkyl halides is 3. The van der Waals surface area contributed by atoms with Crippen molar-refractivity contribution in [1.29, 1.82) is 0 Å². The third kappa shape index (κ3) is 3.45. The molecular weight excluding hydrogens is 366 g/mol. The number of carboxylic acids is 1. The summed E-state index contributed by atoms with van der Waals surface area (Å²) in [5, 5.41) is 19.2. The molecule has 1 aromatic heterocycles. The van der Waals surface area contributed by atoms with Crippen LogP contribution < -0.4 is 0 Å². The van der Waals surface area contributed by atoms with Gasteiger partial charge in [0.25, 0.3) is 0 Å². The van der Waals surface area contributed by atoms with Gasteiger partial charge in [0.1, 0.15) is 11.5 Å². The zero-order valence-corrected chi connectivity index (χ0v) is 13.4. The van der Waals surface area contributed by atoms with Gasteiger partial charge in [-0.3, -0.25) is 0 Å². The molecule has 0 aliphatic rings. The molecule has 4 nitrogen and oxygen atoms in total. The van der Waals surface area contributed by atoms with Crippen LogP contribution in [0.4, 0.5) is 17.6 Å². The van der Waals surface area contributed by atoms with E-state index in [0.717, 1.165) is 37.4 Å². The zero-order valence-electron chi connectivity index (χ0n) is 12.7. The number of carboxylic acid groups (broad SMARTS) is 1. The highest BCUT2D eigenvalue weighted by atomic mass is 35.5. The predicted octanol–water partition coefficient (Wildman–Crippen LogP) is 4.13. The van der Waals surface area contributed by atoms with Gasteiger partial charge in [-0.25, -0.2) is 14.2 Å². The van der Waals surface area contributed by atoms with Gasteiger partial charge in [-0.05, 0) is 35.4 Å². The van der Waals surface area contributed by atoms with Crippen LogP contribution in [-0.4, -0.2) is 27.3 Å². The summed E-state index contributed by atoms with van der Waals surface area (Å²) >= 11 is 5.82. The Morgan fingerprint density at radius 3 is 2.40 bits per heavy atom. The molecule has 0 aliphatic heterocycles. The zero-order chi connectivity index (χ0) is 19.0. The number of aromatic carboxylic acids is 1. The van der Waals surface area contributed by atoms with Gasteiger partial charge in [0.15, 0.2) is 5.60 Å². The highest BCUT2D eigenvalue weighted by molar-refractivity contribution is 6.31. The predicted molar refractivity (Wildman–Crippen MR) is 81.0 cm³/mol. The number of hydrogen-bond donors (Lipinski definition) is 2. The van der Waals surface area contributed by atoms with Crippen LogP contribution in [-0.2, 0) is 5.60 Å². The molecule has 0 radical (unpaired) electrons. The molecule has 0 fully saturated rings. The number of halogens is 5. The first kappa shape index (κ1) is 19.1. The second kappa shape index (κ2) is 6.61. The van der Waals surface area contributed by atoms with Crippen LogP contribution in [0.25, 0.3) is 0 Å². The van der Waals surface area contributed by atoms with E-state index in [4.69, 9.17) is 16.7 Å². The highest BCUT2D eigenvalue weighted by Crippen LogP contribution is 2.49. The molecule has 2 rings (SSSR count). The molecule has 134 valence electrons. The molecule has 1 heterocycles. The van der Waals surface area contributed by atoms with Crippen LogP contribution in [0.1, 0.15) is 34.5 Å². The van der Waals surface area contributed by atoms with Crippen LogP contribution in [0.3, 0.4) is 0 Å². The van der Waals surface area contributed by atoms with Crippen LogP contribution in [0.15, 0.2) is 36.5 Å². The molecule has 1 aromatic carbocycles. The number of aliphatic hydroxyl groups is 1. The first-order valence-electron chi connectivity index (χ1n) is 6.92. The Kier molecular flexibility index (Phi) is 5.06. The molecular formula is C16H12ClF4NO3. The molecule has 0 aliphatic carbocycles.